The van der Waals surface area contributed by atoms with Crippen molar-refractivity contribution in [3.8, 4) is 0 Å². The van der Waals surface area contributed by atoms with Gasteiger partial charge in [-0.3, -0.25) is 4.57 Å². The number of rotatable bonds is 5. The van der Waals surface area contributed by atoms with Crippen molar-refractivity contribution in [2.24, 2.45) is 5.10 Å². The molecule has 3 aromatic heterocycles. The Morgan fingerprint density at radius 1 is 1.33 bits per heavy atom. The van der Waals surface area contributed by atoms with Gasteiger partial charge in [0.15, 0.2) is 23.2 Å². The molecular formula is C15H17N7O5. The Bertz CT molecular complexity index is 957. The molecule has 0 aromatic carbocycles. The second kappa shape index (κ2) is 6.92. The Hall–Kier alpha value is -3.06. The minimum absolute atomic E-state index is 0.128. The first-order valence-electron chi connectivity index (χ1n) is 8.03. The number of imidazole rings is 1. The van der Waals surface area contributed by atoms with Crippen LogP contribution in [-0.4, -0.2) is 66.0 Å². The highest BCUT2D eigenvalue weighted by molar-refractivity contribution is 5.84. The average Bonchev–Trinajstić information content (AvgIpc) is 3.36. The molecule has 12 nitrogen and oxygen atoms in total. The fourth-order valence-electron chi connectivity index (χ4n) is 2.86. The zero-order valence-electron chi connectivity index (χ0n) is 13.9. The molecule has 1 aliphatic heterocycles. The lowest BCUT2D eigenvalue weighted by Gasteiger charge is -2.18. The van der Waals surface area contributed by atoms with Crippen molar-refractivity contribution >= 4 is 29.1 Å². The minimum Gasteiger partial charge on any atom is -0.463 e. The molecule has 142 valence electrons. The van der Waals surface area contributed by atoms with Gasteiger partial charge in [0, 0.05) is 0 Å². The molecule has 27 heavy (non-hydrogen) atoms. The van der Waals surface area contributed by atoms with E-state index >= 15 is 0 Å². The van der Waals surface area contributed by atoms with E-state index < -0.39 is 31.1 Å². The Morgan fingerprint density at radius 2 is 2.19 bits per heavy atom. The first kappa shape index (κ1) is 17.4. The Morgan fingerprint density at radius 3 is 2.89 bits per heavy atom. The molecule has 1 fully saturated rings. The number of nitrogens with two attached hydrogens (primary N) is 1. The molecule has 1 aliphatic rings. The van der Waals surface area contributed by atoms with Gasteiger partial charge in [-0.2, -0.15) is 5.10 Å². The van der Waals surface area contributed by atoms with E-state index in [1.54, 1.807) is 12.1 Å². The molecule has 0 amide bonds. The van der Waals surface area contributed by atoms with Crippen LogP contribution in [0.1, 0.15) is 12.0 Å². The molecule has 0 aliphatic carbocycles. The summed E-state index contributed by atoms with van der Waals surface area (Å²) in [6.07, 6.45) is -0.463. The van der Waals surface area contributed by atoms with Crippen LogP contribution in [0.4, 0.5) is 11.8 Å². The largest absolute Gasteiger partial charge is 0.463 e. The highest BCUT2D eigenvalue weighted by Crippen LogP contribution is 2.35. The van der Waals surface area contributed by atoms with Gasteiger partial charge >= 0.3 is 0 Å². The van der Waals surface area contributed by atoms with Gasteiger partial charge in [-0.05, 0) is 12.1 Å². The third kappa shape index (κ3) is 3.00. The molecule has 1 saturated heterocycles. The number of anilines is 2. The van der Waals surface area contributed by atoms with Crippen LogP contribution in [0.15, 0.2) is 34.2 Å². The number of nitrogen functional groups attached to an aromatic ring is 1. The summed E-state index contributed by atoms with van der Waals surface area (Å²) in [4.78, 5) is 12.3. The maximum atomic E-state index is 10.4. The van der Waals surface area contributed by atoms with Crippen LogP contribution < -0.4 is 11.2 Å². The molecular weight excluding hydrogens is 358 g/mol. The zero-order valence-corrected chi connectivity index (χ0v) is 13.9. The molecule has 0 saturated carbocycles. The standard InChI is InChI=1S/C15H17N7O5/c16-12-9-13(18-6-17-12)22(14-11(25)10(24)8(5-23)27-14)15(20-9)21-19-4-7-2-1-3-26-7/h1-4,6,8,10-11,14,23-25H,5H2,(H,20,21)(H2,16,17,18)/b19-4+/t8-,10+,11+,14-/m0/s1. The normalized spacial score (nSPS) is 25.6. The van der Waals surface area contributed by atoms with Gasteiger partial charge in [0.05, 0.1) is 19.1 Å². The highest BCUT2D eigenvalue weighted by Gasteiger charge is 2.45. The molecule has 0 spiro atoms. The quantitative estimate of drug-likeness (QED) is 0.276. The van der Waals surface area contributed by atoms with Gasteiger partial charge < -0.3 is 30.2 Å². The fourth-order valence-corrected chi connectivity index (χ4v) is 2.86. The van der Waals surface area contributed by atoms with Crippen LogP contribution in [0.5, 0.6) is 0 Å². The molecule has 0 unspecified atom stereocenters. The van der Waals surface area contributed by atoms with Gasteiger partial charge in [0.25, 0.3) is 0 Å². The molecule has 4 rings (SSSR count). The average molecular weight is 375 g/mol. The number of nitrogens with zero attached hydrogens (tertiary/aromatic N) is 5. The maximum Gasteiger partial charge on any atom is 0.228 e. The fraction of sp³-hybridized carbons (Fsp3) is 0.333. The van der Waals surface area contributed by atoms with E-state index in [1.165, 1.54) is 23.4 Å². The third-order valence-electron chi connectivity index (χ3n) is 4.18. The van der Waals surface area contributed by atoms with Crippen LogP contribution in [0.3, 0.4) is 0 Å². The lowest BCUT2D eigenvalue weighted by Crippen LogP contribution is -2.33. The summed E-state index contributed by atoms with van der Waals surface area (Å²) in [6.45, 7) is -0.460. The van der Waals surface area contributed by atoms with Gasteiger partial charge in [0.2, 0.25) is 5.95 Å². The SMILES string of the molecule is Nc1ncnc2c1nc(N/N=C/c1ccco1)n2[C@H]1O[C@@H](CO)[C@@H](O)[C@H]1O. The summed E-state index contributed by atoms with van der Waals surface area (Å²) in [5.41, 5.74) is 9.11. The molecule has 0 radical (unpaired) electrons. The molecule has 6 N–H and O–H groups in total. The predicted molar refractivity (Wildman–Crippen MR) is 92.7 cm³/mol. The smallest absolute Gasteiger partial charge is 0.228 e. The topological polar surface area (TPSA) is 177 Å². The van der Waals surface area contributed by atoms with E-state index in [4.69, 9.17) is 14.9 Å². The molecule has 3 aromatic rings. The molecule has 12 heteroatoms. The van der Waals surface area contributed by atoms with Crippen LogP contribution in [0.2, 0.25) is 0 Å². The van der Waals surface area contributed by atoms with Crippen molar-refractivity contribution in [3.05, 3.63) is 30.5 Å². The number of ether oxygens (including phenoxy) is 1. The molecule has 4 heterocycles. The Balaban J connectivity index is 1.74. The van der Waals surface area contributed by atoms with E-state index in [2.05, 4.69) is 25.5 Å². The predicted octanol–water partition coefficient (Wildman–Crippen LogP) is -0.941. The van der Waals surface area contributed by atoms with Gasteiger partial charge in [-0.1, -0.05) is 0 Å². The highest BCUT2D eigenvalue weighted by atomic mass is 16.6. The summed E-state index contributed by atoms with van der Waals surface area (Å²) in [5, 5.41) is 33.8. The third-order valence-corrected chi connectivity index (χ3v) is 4.18. The van der Waals surface area contributed by atoms with Gasteiger partial charge in [-0.15, -0.1) is 0 Å². The van der Waals surface area contributed by atoms with E-state index in [-0.39, 0.29) is 22.9 Å². The first-order chi connectivity index (χ1) is 13.1. The van der Waals surface area contributed by atoms with Crippen LogP contribution in [-0.2, 0) is 4.74 Å². The van der Waals surface area contributed by atoms with Crippen molar-refractivity contribution in [2.75, 3.05) is 17.8 Å². The van der Waals surface area contributed by atoms with Crippen molar-refractivity contribution < 1.29 is 24.5 Å². The summed E-state index contributed by atoms with van der Waals surface area (Å²) >= 11 is 0. The first-order valence-corrected chi connectivity index (χ1v) is 8.03. The summed E-state index contributed by atoms with van der Waals surface area (Å²) in [6, 6.07) is 3.43. The number of nitrogens with one attached hydrogen (secondary N) is 1. The van der Waals surface area contributed by atoms with Crippen LogP contribution in [0, 0.1) is 0 Å². The van der Waals surface area contributed by atoms with E-state index in [0.717, 1.165) is 0 Å². The number of hydrazone groups is 1. The Labute approximate surface area is 151 Å². The van der Waals surface area contributed by atoms with Crippen LogP contribution in [0.25, 0.3) is 11.2 Å². The Kier molecular flexibility index (Phi) is 4.45. The number of fused-ring (bicyclic) bond motifs is 1. The molecule has 4 atom stereocenters. The van der Waals surface area contributed by atoms with E-state index in [0.29, 0.717) is 5.76 Å². The monoisotopic (exact) mass is 375 g/mol. The van der Waals surface area contributed by atoms with Crippen molar-refractivity contribution in [3.63, 3.8) is 0 Å². The lowest BCUT2D eigenvalue weighted by atomic mass is 10.1. The summed E-state index contributed by atoms with van der Waals surface area (Å²) < 4.78 is 12.1. The maximum absolute atomic E-state index is 10.4. The minimum atomic E-state index is -1.33. The number of furan rings is 1. The number of aromatic nitrogens is 4. The van der Waals surface area contributed by atoms with Gasteiger partial charge in [0.1, 0.15) is 30.4 Å². The summed E-state index contributed by atoms with van der Waals surface area (Å²) in [5.74, 6) is 0.788. The van der Waals surface area contributed by atoms with E-state index in [1.807, 2.05) is 0 Å². The van der Waals surface area contributed by atoms with Crippen molar-refractivity contribution in [1.82, 2.24) is 19.5 Å². The van der Waals surface area contributed by atoms with Gasteiger partial charge in [-0.25, -0.2) is 20.4 Å². The number of hydrogen-bond acceptors (Lipinski definition) is 11. The molecule has 0 bridgehead atoms. The lowest BCUT2D eigenvalue weighted by molar-refractivity contribution is -0.0501. The summed E-state index contributed by atoms with van der Waals surface area (Å²) in [7, 11) is 0. The van der Waals surface area contributed by atoms with Crippen molar-refractivity contribution in [1.29, 1.82) is 0 Å². The second-order valence-corrected chi connectivity index (χ2v) is 5.85. The van der Waals surface area contributed by atoms with Crippen molar-refractivity contribution in [2.45, 2.75) is 24.5 Å². The zero-order chi connectivity index (χ0) is 19.0. The van der Waals surface area contributed by atoms with Crippen LogP contribution >= 0.6 is 0 Å². The van der Waals surface area contributed by atoms with E-state index in [9.17, 15) is 15.3 Å². The number of aliphatic hydroxyl groups is 3. The number of aliphatic hydroxyl groups excluding tert-OH is 3. The number of hydrogen-bond donors (Lipinski definition) is 5. The second-order valence-electron chi connectivity index (χ2n) is 5.85.